The molecule has 0 fully saturated rings. The average Bonchev–Trinajstić information content (AvgIpc) is 3.14. The number of hydrogen-bond acceptors (Lipinski definition) is 4. The highest BCUT2D eigenvalue weighted by Crippen LogP contribution is 2.45. The summed E-state index contributed by atoms with van der Waals surface area (Å²) in [6.07, 6.45) is 3.52. The van der Waals surface area contributed by atoms with Gasteiger partial charge in [0.05, 0.1) is 22.5 Å². The van der Waals surface area contributed by atoms with Gasteiger partial charge in [0.2, 0.25) is 5.78 Å². The molecule has 0 amide bonds. The van der Waals surface area contributed by atoms with E-state index in [1.165, 1.54) is 5.56 Å². The normalized spacial score (nSPS) is 23.2. The van der Waals surface area contributed by atoms with Crippen LogP contribution in [0, 0.1) is 0 Å². The summed E-state index contributed by atoms with van der Waals surface area (Å²) < 4.78 is 0. The molecule has 30 heavy (non-hydrogen) atoms. The van der Waals surface area contributed by atoms with E-state index in [0.717, 1.165) is 28.3 Å². The van der Waals surface area contributed by atoms with E-state index in [1.54, 1.807) is 12.2 Å². The maximum Gasteiger partial charge on any atom is 0.200 e. The first-order chi connectivity index (χ1) is 14.2. The van der Waals surface area contributed by atoms with Gasteiger partial charge < -0.3 is 10.4 Å². The maximum absolute atomic E-state index is 12.9. The number of Topliss-reactive ketones (excluding diaryl/α,β-unsaturated/α-hetero) is 1. The van der Waals surface area contributed by atoms with Crippen LogP contribution in [0.5, 0.6) is 0 Å². The van der Waals surface area contributed by atoms with Crippen LogP contribution in [0.2, 0.25) is 0 Å². The summed E-state index contributed by atoms with van der Waals surface area (Å²) in [6, 6.07) is 16.1. The second-order valence-corrected chi connectivity index (χ2v) is 9.14. The summed E-state index contributed by atoms with van der Waals surface area (Å²) in [5.41, 5.74) is 6.06. The number of aliphatic imine (C=N–C) groups is 1. The Morgan fingerprint density at radius 1 is 0.900 bits per heavy atom. The number of fused-ring (bicyclic) bond motifs is 2. The molecule has 0 saturated heterocycles. The van der Waals surface area contributed by atoms with Crippen molar-refractivity contribution in [1.29, 1.82) is 0 Å². The second-order valence-electron chi connectivity index (χ2n) is 9.14. The van der Waals surface area contributed by atoms with Crippen LogP contribution in [0.25, 0.3) is 0 Å². The van der Waals surface area contributed by atoms with Gasteiger partial charge in [-0.05, 0) is 35.4 Å². The number of anilines is 1. The van der Waals surface area contributed by atoms with Gasteiger partial charge in [0.15, 0.2) is 0 Å². The Kier molecular flexibility index (Phi) is 3.75. The van der Waals surface area contributed by atoms with E-state index < -0.39 is 0 Å². The molecule has 0 saturated carbocycles. The number of para-hydroxylation sites is 2. The summed E-state index contributed by atoms with van der Waals surface area (Å²) in [4.78, 5) is 17.6. The van der Waals surface area contributed by atoms with Gasteiger partial charge in [-0.25, -0.2) is 0 Å². The number of carbonyl (C=O) groups is 1. The highest BCUT2D eigenvalue weighted by atomic mass is 16.3. The van der Waals surface area contributed by atoms with E-state index in [2.05, 4.69) is 45.1 Å². The molecule has 0 bridgehead atoms. The Morgan fingerprint density at radius 3 is 2.23 bits per heavy atom. The van der Waals surface area contributed by atoms with Crippen LogP contribution in [0.15, 0.2) is 88.3 Å². The Morgan fingerprint density at radius 2 is 1.57 bits per heavy atom. The molecule has 2 aliphatic heterocycles. The van der Waals surface area contributed by atoms with Gasteiger partial charge in [0.25, 0.3) is 0 Å². The zero-order valence-corrected chi connectivity index (χ0v) is 17.6. The minimum absolute atomic E-state index is 0.0375. The van der Waals surface area contributed by atoms with Crippen molar-refractivity contribution in [2.75, 3.05) is 5.32 Å². The molecular weight excluding hydrogens is 372 g/mol. The lowest BCUT2D eigenvalue weighted by molar-refractivity contribution is -0.113. The number of aliphatic hydroxyl groups is 1. The minimum atomic E-state index is -0.311. The van der Waals surface area contributed by atoms with E-state index in [0.29, 0.717) is 11.1 Å². The van der Waals surface area contributed by atoms with Gasteiger partial charge in [0, 0.05) is 22.2 Å². The summed E-state index contributed by atoms with van der Waals surface area (Å²) in [7, 11) is 0. The number of aliphatic hydroxyl groups excluding tert-OH is 1. The largest absolute Gasteiger partial charge is 0.506 e. The molecule has 150 valence electrons. The number of hydrogen-bond donors (Lipinski definition) is 2. The van der Waals surface area contributed by atoms with E-state index in [9.17, 15) is 9.90 Å². The molecular formula is C26H24N2O2. The monoisotopic (exact) mass is 396 g/mol. The number of ketones is 1. The van der Waals surface area contributed by atoms with Crippen LogP contribution < -0.4 is 5.32 Å². The van der Waals surface area contributed by atoms with Gasteiger partial charge in [0.1, 0.15) is 5.76 Å². The van der Waals surface area contributed by atoms with E-state index in [4.69, 9.17) is 4.99 Å². The van der Waals surface area contributed by atoms with E-state index >= 15 is 0 Å². The molecule has 3 aliphatic rings. The van der Waals surface area contributed by atoms with E-state index in [1.807, 2.05) is 36.4 Å². The first-order valence-electron chi connectivity index (χ1n) is 10.2. The smallest absolute Gasteiger partial charge is 0.200 e. The highest BCUT2D eigenvalue weighted by Gasteiger charge is 2.40. The lowest BCUT2D eigenvalue weighted by atomic mass is 9.77. The molecule has 0 atom stereocenters. The van der Waals surface area contributed by atoms with Gasteiger partial charge in [-0.3, -0.25) is 9.79 Å². The predicted molar refractivity (Wildman–Crippen MR) is 120 cm³/mol. The van der Waals surface area contributed by atoms with Gasteiger partial charge >= 0.3 is 0 Å². The molecule has 4 nitrogen and oxygen atoms in total. The first kappa shape index (κ1) is 18.6. The lowest BCUT2D eigenvalue weighted by Gasteiger charge is -2.25. The zero-order chi connectivity index (χ0) is 21.3. The molecule has 2 aromatic carbocycles. The third kappa shape index (κ3) is 2.46. The van der Waals surface area contributed by atoms with Crippen molar-refractivity contribution in [2.24, 2.45) is 4.99 Å². The van der Waals surface area contributed by atoms with Crippen molar-refractivity contribution < 1.29 is 9.90 Å². The first-order valence-corrected chi connectivity index (χ1v) is 10.2. The number of carbonyl (C=O) groups excluding carboxylic acids is 1. The molecule has 2 aromatic rings. The van der Waals surface area contributed by atoms with Crippen LogP contribution in [-0.2, 0) is 15.6 Å². The molecule has 2 heterocycles. The summed E-state index contributed by atoms with van der Waals surface area (Å²) in [5.74, 6) is -0.112. The van der Waals surface area contributed by atoms with Crippen LogP contribution in [0.3, 0.4) is 0 Å². The average molecular weight is 396 g/mol. The maximum atomic E-state index is 12.9. The fourth-order valence-corrected chi connectivity index (χ4v) is 4.51. The molecule has 1 aliphatic carbocycles. The minimum Gasteiger partial charge on any atom is -0.506 e. The van der Waals surface area contributed by atoms with Crippen molar-refractivity contribution in [3.05, 3.63) is 94.4 Å². The fraction of sp³-hybridized carbons (Fsp3) is 0.231. The SMILES string of the molecule is CC1(C)C(/C=C2\C(=O)C(/C=C3/Nc4ccccc4C3(C)C)=C2O)=Nc2ccccc21. The van der Waals surface area contributed by atoms with E-state index in [-0.39, 0.29) is 22.4 Å². The zero-order valence-electron chi connectivity index (χ0n) is 17.6. The molecule has 4 heteroatoms. The topological polar surface area (TPSA) is 61.7 Å². The molecule has 5 rings (SSSR count). The van der Waals surface area contributed by atoms with Crippen molar-refractivity contribution in [3.63, 3.8) is 0 Å². The number of nitrogens with zero attached hydrogens (tertiary/aromatic N) is 1. The van der Waals surface area contributed by atoms with Gasteiger partial charge in [-0.1, -0.05) is 64.1 Å². The Bertz CT molecular complexity index is 1240. The van der Waals surface area contributed by atoms with Crippen LogP contribution in [0.4, 0.5) is 11.4 Å². The molecule has 2 N–H and O–H groups in total. The van der Waals surface area contributed by atoms with Crippen LogP contribution in [-0.4, -0.2) is 16.6 Å². The Balaban J connectivity index is 1.49. The number of nitrogens with one attached hydrogen (secondary N) is 1. The number of allylic oxidation sites excluding steroid dienone is 5. The van der Waals surface area contributed by atoms with Crippen LogP contribution >= 0.6 is 0 Å². The summed E-state index contributed by atoms with van der Waals surface area (Å²) in [5, 5.41) is 14.1. The molecule has 0 unspecified atom stereocenters. The van der Waals surface area contributed by atoms with Crippen molar-refractivity contribution in [1.82, 2.24) is 0 Å². The quantitative estimate of drug-likeness (QED) is 0.644. The third-order valence-corrected chi connectivity index (χ3v) is 6.57. The van der Waals surface area contributed by atoms with Gasteiger partial charge in [-0.15, -0.1) is 0 Å². The Labute approximate surface area is 176 Å². The molecule has 0 radical (unpaired) electrons. The predicted octanol–water partition coefficient (Wildman–Crippen LogP) is 5.66. The fourth-order valence-electron chi connectivity index (χ4n) is 4.51. The highest BCUT2D eigenvalue weighted by molar-refractivity contribution is 6.25. The number of rotatable bonds is 2. The molecule has 0 spiro atoms. The third-order valence-electron chi connectivity index (χ3n) is 6.57. The molecule has 0 aromatic heterocycles. The van der Waals surface area contributed by atoms with Gasteiger partial charge in [-0.2, -0.15) is 0 Å². The lowest BCUT2D eigenvalue weighted by Crippen LogP contribution is -2.28. The standard InChI is InChI=1S/C26H24N2O2/c1-25(2)17-9-5-7-11-19(17)27-21(25)13-15-23(29)16(24(15)30)14-22-26(3,4)18-10-6-8-12-20(18)28-22/h5-14,27,29H,1-4H3/b16-14-,21-13+. The van der Waals surface area contributed by atoms with Crippen LogP contribution in [0.1, 0.15) is 38.8 Å². The van der Waals surface area contributed by atoms with Crippen molar-refractivity contribution >= 4 is 22.9 Å². The summed E-state index contributed by atoms with van der Waals surface area (Å²) >= 11 is 0. The summed E-state index contributed by atoms with van der Waals surface area (Å²) in [6.45, 7) is 8.40. The Hall–Kier alpha value is -3.40. The van der Waals surface area contributed by atoms with Crippen molar-refractivity contribution in [2.45, 2.75) is 38.5 Å². The number of benzene rings is 2. The second kappa shape index (κ2) is 6.05. The van der Waals surface area contributed by atoms with Crippen molar-refractivity contribution in [3.8, 4) is 0 Å².